The fraction of sp³-hybridized carbons (Fsp3) is 0.308. The highest BCUT2D eigenvalue weighted by Gasteiger charge is 2.08. The number of carbonyl (C=O) groups excluding carboxylic acids is 1. The normalized spacial score (nSPS) is 10.5. The predicted octanol–water partition coefficient (Wildman–Crippen LogP) is 2.86. The van der Waals surface area contributed by atoms with Gasteiger partial charge in [0.05, 0.1) is 0 Å². The van der Waals surface area contributed by atoms with Crippen molar-refractivity contribution < 1.29 is 13.9 Å². The van der Waals surface area contributed by atoms with Crippen molar-refractivity contribution in [3.63, 3.8) is 0 Å². The van der Waals surface area contributed by atoms with Crippen LogP contribution in [-0.4, -0.2) is 29.1 Å². The van der Waals surface area contributed by atoms with Gasteiger partial charge in [-0.25, -0.2) is 9.97 Å². The fourth-order valence-electron chi connectivity index (χ4n) is 1.50. The van der Waals surface area contributed by atoms with Crippen LogP contribution < -0.4 is 5.32 Å². The predicted molar refractivity (Wildman–Crippen MR) is 77.2 cm³/mol. The Kier molecular flexibility index (Phi) is 5.25. The molecule has 0 saturated carbocycles. The summed E-state index contributed by atoms with van der Waals surface area (Å²) in [5, 5.41) is 2.65. The van der Waals surface area contributed by atoms with E-state index in [1.54, 1.807) is 18.2 Å². The molecule has 0 spiro atoms. The quantitative estimate of drug-likeness (QED) is 0.818. The lowest BCUT2D eigenvalue weighted by Crippen LogP contribution is -2.19. The number of carbonyl (C=O) groups is 1. The molecule has 0 unspecified atom stereocenters. The van der Waals surface area contributed by atoms with Crippen LogP contribution in [0.3, 0.4) is 0 Å². The third kappa shape index (κ3) is 4.14. The van der Waals surface area contributed by atoms with Gasteiger partial charge in [-0.3, -0.25) is 4.79 Å². The van der Waals surface area contributed by atoms with Gasteiger partial charge in [0.15, 0.2) is 10.4 Å². The molecule has 20 heavy (non-hydrogen) atoms. The zero-order valence-electron chi connectivity index (χ0n) is 10.9. The first-order valence-electron chi connectivity index (χ1n) is 6.14. The number of amides is 1. The first kappa shape index (κ1) is 14.7. The molecule has 0 aliphatic carbocycles. The van der Waals surface area contributed by atoms with Gasteiger partial charge in [0.25, 0.3) is 5.91 Å². The molecule has 2 heterocycles. The molecule has 0 radical (unpaired) electrons. The number of aromatic nitrogens is 2. The van der Waals surface area contributed by atoms with E-state index in [-0.39, 0.29) is 12.5 Å². The van der Waals surface area contributed by atoms with Crippen LogP contribution >= 0.6 is 15.9 Å². The number of anilines is 1. The number of hydrogen-bond donors (Lipinski definition) is 1. The Morgan fingerprint density at radius 1 is 1.45 bits per heavy atom. The Labute approximate surface area is 124 Å². The molecule has 0 saturated heterocycles. The molecule has 2 aromatic heterocycles. The Morgan fingerprint density at radius 2 is 2.30 bits per heavy atom. The highest BCUT2D eigenvalue weighted by atomic mass is 79.9. The minimum absolute atomic E-state index is 0.0134. The van der Waals surface area contributed by atoms with Crippen LogP contribution in [0.2, 0.25) is 0 Å². The van der Waals surface area contributed by atoms with E-state index in [1.165, 1.54) is 6.33 Å². The average molecular weight is 340 g/mol. The molecule has 0 aliphatic heterocycles. The highest BCUT2D eigenvalue weighted by Crippen LogP contribution is 2.24. The summed E-state index contributed by atoms with van der Waals surface area (Å²) in [6, 6.07) is 5.19. The standard InChI is InChI=1S/C13H14BrN3O3/c1-2-5-19-7-13(18)17-12-6-9(15-8-16-12)10-3-4-11(14)20-10/h3-4,6,8H,2,5,7H2,1H3,(H,15,16,17,18). The second-order valence-electron chi connectivity index (χ2n) is 3.99. The summed E-state index contributed by atoms with van der Waals surface area (Å²) < 4.78 is 11.2. The van der Waals surface area contributed by atoms with Crippen molar-refractivity contribution in [3.05, 3.63) is 29.2 Å². The molecule has 7 heteroatoms. The van der Waals surface area contributed by atoms with E-state index in [0.717, 1.165) is 6.42 Å². The van der Waals surface area contributed by atoms with Gasteiger partial charge in [0, 0.05) is 12.7 Å². The number of halogens is 1. The van der Waals surface area contributed by atoms with Gasteiger partial charge in [0.2, 0.25) is 0 Å². The zero-order chi connectivity index (χ0) is 14.4. The van der Waals surface area contributed by atoms with Gasteiger partial charge < -0.3 is 14.5 Å². The highest BCUT2D eigenvalue weighted by molar-refractivity contribution is 9.10. The zero-order valence-corrected chi connectivity index (χ0v) is 12.5. The van der Waals surface area contributed by atoms with E-state index in [1.807, 2.05) is 6.92 Å². The van der Waals surface area contributed by atoms with Gasteiger partial charge in [0.1, 0.15) is 24.4 Å². The van der Waals surface area contributed by atoms with Gasteiger partial charge in [-0.2, -0.15) is 0 Å². The van der Waals surface area contributed by atoms with Crippen LogP contribution in [0.4, 0.5) is 5.82 Å². The van der Waals surface area contributed by atoms with E-state index >= 15 is 0 Å². The van der Waals surface area contributed by atoms with Crippen LogP contribution in [-0.2, 0) is 9.53 Å². The number of nitrogens with one attached hydrogen (secondary N) is 1. The van der Waals surface area contributed by atoms with E-state index < -0.39 is 0 Å². The summed E-state index contributed by atoms with van der Waals surface area (Å²) in [7, 11) is 0. The Morgan fingerprint density at radius 3 is 3.00 bits per heavy atom. The summed E-state index contributed by atoms with van der Waals surface area (Å²) in [5.74, 6) is 0.758. The van der Waals surface area contributed by atoms with Crippen LogP contribution in [0.5, 0.6) is 0 Å². The molecular weight excluding hydrogens is 326 g/mol. The number of rotatable bonds is 6. The Balaban J connectivity index is 2.01. The topological polar surface area (TPSA) is 77.2 Å². The fourth-order valence-corrected chi connectivity index (χ4v) is 1.81. The van der Waals surface area contributed by atoms with Gasteiger partial charge in [-0.1, -0.05) is 6.92 Å². The lowest BCUT2D eigenvalue weighted by atomic mass is 10.3. The summed E-state index contributed by atoms with van der Waals surface area (Å²) in [6.07, 6.45) is 2.24. The van der Waals surface area contributed by atoms with Crippen molar-refractivity contribution >= 4 is 27.7 Å². The summed E-state index contributed by atoms with van der Waals surface area (Å²) >= 11 is 3.23. The smallest absolute Gasteiger partial charge is 0.251 e. The van der Waals surface area contributed by atoms with Crippen LogP contribution in [0.1, 0.15) is 13.3 Å². The molecule has 106 valence electrons. The minimum Gasteiger partial charge on any atom is -0.448 e. The van der Waals surface area contributed by atoms with Crippen molar-refractivity contribution in [2.45, 2.75) is 13.3 Å². The maximum absolute atomic E-state index is 11.6. The van der Waals surface area contributed by atoms with Crippen LogP contribution in [0.15, 0.2) is 33.6 Å². The summed E-state index contributed by atoms with van der Waals surface area (Å²) in [4.78, 5) is 19.7. The minimum atomic E-state index is -0.247. The molecule has 6 nitrogen and oxygen atoms in total. The van der Waals surface area contributed by atoms with Gasteiger partial charge in [-0.15, -0.1) is 0 Å². The maximum atomic E-state index is 11.6. The SMILES string of the molecule is CCCOCC(=O)Nc1cc(-c2ccc(Br)o2)ncn1. The van der Waals surface area contributed by atoms with Gasteiger partial charge in [-0.05, 0) is 34.5 Å². The Bertz CT molecular complexity index is 586. The third-order valence-electron chi connectivity index (χ3n) is 2.34. The monoisotopic (exact) mass is 339 g/mol. The van der Waals surface area contributed by atoms with Gasteiger partial charge >= 0.3 is 0 Å². The molecule has 1 N–H and O–H groups in total. The number of ether oxygens (including phenoxy) is 1. The lowest BCUT2D eigenvalue weighted by Gasteiger charge is -2.05. The molecule has 0 atom stereocenters. The third-order valence-corrected chi connectivity index (χ3v) is 2.77. The van der Waals surface area contributed by atoms with Crippen molar-refractivity contribution in [2.75, 3.05) is 18.5 Å². The van der Waals surface area contributed by atoms with Crippen molar-refractivity contribution in [3.8, 4) is 11.5 Å². The number of furan rings is 1. The summed E-state index contributed by atoms with van der Waals surface area (Å²) in [6.45, 7) is 2.55. The van der Waals surface area contributed by atoms with E-state index in [9.17, 15) is 4.79 Å². The molecule has 2 rings (SSSR count). The number of nitrogens with zero attached hydrogens (tertiary/aromatic N) is 2. The molecule has 2 aromatic rings. The van der Waals surface area contributed by atoms with Crippen LogP contribution in [0, 0.1) is 0 Å². The van der Waals surface area contributed by atoms with E-state index in [0.29, 0.717) is 28.5 Å². The first-order valence-corrected chi connectivity index (χ1v) is 6.93. The Hall–Kier alpha value is -1.73. The van der Waals surface area contributed by atoms with Crippen molar-refractivity contribution in [1.29, 1.82) is 0 Å². The number of hydrogen-bond acceptors (Lipinski definition) is 5. The average Bonchev–Trinajstić information content (AvgIpc) is 2.86. The molecule has 0 aromatic carbocycles. The maximum Gasteiger partial charge on any atom is 0.251 e. The first-order chi connectivity index (χ1) is 9.69. The molecular formula is C13H14BrN3O3. The molecule has 1 amide bonds. The molecule has 0 aliphatic rings. The van der Waals surface area contributed by atoms with Crippen molar-refractivity contribution in [2.24, 2.45) is 0 Å². The largest absolute Gasteiger partial charge is 0.448 e. The molecule has 0 fully saturated rings. The summed E-state index contributed by atoms with van der Waals surface area (Å²) in [5.41, 5.74) is 0.593. The van der Waals surface area contributed by atoms with Crippen LogP contribution in [0.25, 0.3) is 11.5 Å². The second-order valence-corrected chi connectivity index (χ2v) is 4.77. The lowest BCUT2D eigenvalue weighted by molar-refractivity contribution is -0.120. The van der Waals surface area contributed by atoms with E-state index in [2.05, 4.69) is 31.2 Å². The molecule has 0 bridgehead atoms. The van der Waals surface area contributed by atoms with E-state index in [4.69, 9.17) is 9.15 Å². The second kappa shape index (κ2) is 7.16. The van der Waals surface area contributed by atoms with Crippen molar-refractivity contribution in [1.82, 2.24) is 9.97 Å².